The Morgan fingerprint density at radius 3 is 2.72 bits per heavy atom. The second kappa shape index (κ2) is 8.91. The van der Waals surface area contributed by atoms with Crippen LogP contribution in [0.4, 0.5) is 0 Å². The van der Waals surface area contributed by atoms with Crippen molar-refractivity contribution in [3.05, 3.63) is 33.8 Å². The number of carbonyl (C=O) groups excluding carboxylic acids is 2. The van der Waals surface area contributed by atoms with E-state index in [9.17, 15) is 9.59 Å². The second-order valence-corrected chi connectivity index (χ2v) is 7.56. The predicted molar refractivity (Wildman–Crippen MR) is 102 cm³/mol. The van der Waals surface area contributed by atoms with Gasteiger partial charge in [-0.15, -0.1) is 0 Å². The summed E-state index contributed by atoms with van der Waals surface area (Å²) in [5.74, 6) is 0.0667. The van der Waals surface area contributed by atoms with E-state index >= 15 is 0 Å². The van der Waals surface area contributed by atoms with E-state index in [1.165, 1.54) is 0 Å². The van der Waals surface area contributed by atoms with Crippen LogP contribution in [0.3, 0.4) is 0 Å². The monoisotopic (exact) mass is 384 g/mol. The number of carbonyl (C=O) groups is 2. The Balaban J connectivity index is 2.06. The molecule has 25 heavy (non-hydrogen) atoms. The van der Waals surface area contributed by atoms with Gasteiger partial charge >= 0.3 is 0 Å². The fraction of sp³-hybridized carbons (Fsp3) is 0.579. The molecule has 2 unspecified atom stereocenters. The van der Waals surface area contributed by atoms with Gasteiger partial charge in [0.15, 0.2) is 0 Å². The molecule has 4 nitrogen and oxygen atoms in total. The lowest BCUT2D eigenvalue weighted by atomic mass is 9.95. The van der Waals surface area contributed by atoms with E-state index < -0.39 is 0 Å². The van der Waals surface area contributed by atoms with Gasteiger partial charge in [0.2, 0.25) is 11.8 Å². The molecule has 0 radical (unpaired) electrons. The van der Waals surface area contributed by atoms with Gasteiger partial charge in [-0.3, -0.25) is 9.59 Å². The first-order valence-electron chi connectivity index (χ1n) is 8.84. The zero-order valence-electron chi connectivity index (χ0n) is 15.1. The minimum atomic E-state index is -0.154. The predicted octanol–water partition coefficient (Wildman–Crippen LogP) is 4.55. The van der Waals surface area contributed by atoms with E-state index in [0.29, 0.717) is 23.0 Å². The number of rotatable bonds is 5. The molecule has 0 N–H and O–H groups in total. The van der Waals surface area contributed by atoms with E-state index in [4.69, 9.17) is 23.2 Å². The lowest BCUT2D eigenvalue weighted by molar-refractivity contribution is -0.141. The van der Waals surface area contributed by atoms with Gasteiger partial charge in [-0.25, -0.2) is 0 Å². The Bertz CT molecular complexity index is 636. The summed E-state index contributed by atoms with van der Waals surface area (Å²) in [6, 6.07) is 5.18. The van der Waals surface area contributed by atoms with Gasteiger partial charge in [-0.1, -0.05) is 36.2 Å². The Morgan fingerprint density at radius 1 is 1.36 bits per heavy atom. The van der Waals surface area contributed by atoms with E-state index in [1.807, 2.05) is 24.8 Å². The van der Waals surface area contributed by atoms with Gasteiger partial charge in [0.05, 0.1) is 12.0 Å². The van der Waals surface area contributed by atoms with Crippen molar-refractivity contribution in [3.63, 3.8) is 0 Å². The van der Waals surface area contributed by atoms with E-state index in [2.05, 4.69) is 0 Å². The third kappa shape index (κ3) is 4.89. The van der Waals surface area contributed by atoms with Crippen LogP contribution in [0.5, 0.6) is 0 Å². The van der Waals surface area contributed by atoms with Crippen LogP contribution < -0.4 is 0 Å². The third-order valence-corrected chi connectivity index (χ3v) is 5.49. The smallest absolute Gasteiger partial charge is 0.227 e. The Labute approximate surface area is 160 Å². The summed E-state index contributed by atoms with van der Waals surface area (Å²) in [7, 11) is 1.80. The van der Waals surface area contributed by atoms with E-state index in [1.54, 1.807) is 24.1 Å². The molecule has 1 aromatic rings. The van der Waals surface area contributed by atoms with Crippen molar-refractivity contribution in [1.82, 2.24) is 9.80 Å². The molecule has 1 saturated heterocycles. The lowest BCUT2D eigenvalue weighted by Gasteiger charge is -2.36. The highest BCUT2D eigenvalue weighted by molar-refractivity contribution is 6.35. The van der Waals surface area contributed by atoms with Crippen LogP contribution in [-0.2, 0) is 9.59 Å². The molecule has 1 aliphatic heterocycles. The molecule has 2 atom stereocenters. The average molecular weight is 385 g/mol. The molecule has 2 rings (SSSR count). The molecule has 0 spiro atoms. The van der Waals surface area contributed by atoms with Crippen molar-refractivity contribution in [2.45, 2.75) is 45.6 Å². The highest BCUT2D eigenvalue weighted by Gasteiger charge is 2.31. The molecule has 6 heteroatoms. The number of hydrogen-bond acceptors (Lipinski definition) is 2. The first-order chi connectivity index (χ1) is 11.8. The summed E-state index contributed by atoms with van der Waals surface area (Å²) >= 11 is 12.2. The number of piperidine rings is 1. The quantitative estimate of drug-likeness (QED) is 0.746. The van der Waals surface area contributed by atoms with Crippen LogP contribution in [0.2, 0.25) is 10.0 Å². The molecule has 0 saturated carbocycles. The van der Waals surface area contributed by atoms with Gasteiger partial charge in [-0.2, -0.15) is 0 Å². The fourth-order valence-corrected chi connectivity index (χ4v) is 3.87. The topological polar surface area (TPSA) is 40.6 Å². The number of hydrogen-bond donors (Lipinski definition) is 0. The van der Waals surface area contributed by atoms with Gasteiger partial charge in [0.25, 0.3) is 0 Å². The SMILES string of the molecule is CCCC(=O)N1CCCC(C(=O)N(C)C(C)c2ccc(Cl)cc2Cl)C1. The van der Waals surface area contributed by atoms with Gasteiger partial charge in [-0.05, 0) is 43.9 Å². The first kappa shape index (κ1) is 20.1. The molecule has 1 aliphatic rings. The summed E-state index contributed by atoms with van der Waals surface area (Å²) in [4.78, 5) is 28.6. The minimum Gasteiger partial charge on any atom is -0.342 e. The highest BCUT2D eigenvalue weighted by atomic mass is 35.5. The van der Waals surface area contributed by atoms with Crippen LogP contribution in [0.25, 0.3) is 0 Å². The molecule has 1 heterocycles. The molecular weight excluding hydrogens is 359 g/mol. The van der Waals surface area contributed by atoms with Crippen LogP contribution in [-0.4, -0.2) is 41.8 Å². The second-order valence-electron chi connectivity index (χ2n) is 6.72. The maximum Gasteiger partial charge on any atom is 0.227 e. The van der Waals surface area contributed by atoms with Gasteiger partial charge in [0.1, 0.15) is 0 Å². The molecule has 0 aliphatic carbocycles. The Hall–Kier alpha value is -1.26. The zero-order valence-corrected chi connectivity index (χ0v) is 16.6. The molecular formula is C19H26Cl2N2O2. The number of amides is 2. The summed E-state index contributed by atoms with van der Waals surface area (Å²) in [6.07, 6.45) is 3.07. The molecule has 1 fully saturated rings. The van der Waals surface area contributed by atoms with Crippen LogP contribution in [0.1, 0.15) is 51.1 Å². The highest BCUT2D eigenvalue weighted by Crippen LogP contribution is 2.31. The summed E-state index contributed by atoms with van der Waals surface area (Å²) < 4.78 is 0. The molecule has 138 valence electrons. The van der Waals surface area contributed by atoms with E-state index in [-0.39, 0.29) is 23.8 Å². The van der Waals surface area contributed by atoms with Crippen molar-refractivity contribution >= 4 is 35.0 Å². The van der Waals surface area contributed by atoms with Gasteiger partial charge < -0.3 is 9.80 Å². The van der Waals surface area contributed by atoms with Crippen LogP contribution >= 0.6 is 23.2 Å². The van der Waals surface area contributed by atoms with Crippen molar-refractivity contribution < 1.29 is 9.59 Å². The minimum absolute atomic E-state index is 0.0625. The first-order valence-corrected chi connectivity index (χ1v) is 9.60. The molecule has 1 aromatic carbocycles. The average Bonchev–Trinajstić information content (AvgIpc) is 2.60. The maximum atomic E-state index is 12.9. The lowest BCUT2D eigenvalue weighted by Crippen LogP contribution is -2.46. The van der Waals surface area contributed by atoms with Crippen LogP contribution in [0.15, 0.2) is 18.2 Å². The normalized spacial score (nSPS) is 18.8. The number of halogens is 2. The van der Waals surface area contributed by atoms with Crippen molar-refractivity contribution in [1.29, 1.82) is 0 Å². The fourth-order valence-electron chi connectivity index (χ4n) is 3.31. The summed E-state index contributed by atoms with van der Waals surface area (Å²) in [5.41, 5.74) is 0.872. The number of likely N-dealkylation sites (tertiary alicyclic amines) is 1. The summed E-state index contributed by atoms with van der Waals surface area (Å²) in [5, 5.41) is 1.13. The standard InChI is InChI=1S/C19H26Cl2N2O2/c1-4-6-18(24)23-10-5-7-14(12-23)19(25)22(3)13(2)16-9-8-15(20)11-17(16)21/h8-9,11,13-14H,4-7,10,12H2,1-3H3. The van der Waals surface area contributed by atoms with Crippen LogP contribution in [0, 0.1) is 5.92 Å². The molecule has 2 amide bonds. The van der Waals surface area contributed by atoms with Crippen molar-refractivity contribution in [2.75, 3.05) is 20.1 Å². The summed E-state index contributed by atoms with van der Waals surface area (Å²) in [6.45, 7) is 5.22. The van der Waals surface area contributed by atoms with E-state index in [0.717, 1.165) is 31.4 Å². The zero-order chi connectivity index (χ0) is 18.6. The number of benzene rings is 1. The molecule has 0 aromatic heterocycles. The van der Waals surface area contributed by atoms with Gasteiger partial charge in [0, 0.05) is 36.6 Å². The largest absolute Gasteiger partial charge is 0.342 e. The molecule has 0 bridgehead atoms. The third-order valence-electron chi connectivity index (χ3n) is 4.93. The maximum absolute atomic E-state index is 12.9. The van der Waals surface area contributed by atoms with Crippen molar-refractivity contribution in [2.24, 2.45) is 5.92 Å². The van der Waals surface area contributed by atoms with Crippen molar-refractivity contribution in [3.8, 4) is 0 Å². The Morgan fingerprint density at radius 2 is 2.08 bits per heavy atom. The number of nitrogens with zero attached hydrogens (tertiary/aromatic N) is 2. The Kier molecular flexibility index (Phi) is 7.14.